The highest BCUT2D eigenvalue weighted by Crippen LogP contribution is 2.31. The minimum atomic E-state index is -0.693. The number of alkyl halides is 1. The van der Waals surface area contributed by atoms with Gasteiger partial charge in [0.1, 0.15) is 11.9 Å². The molecule has 1 heterocycles. The first-order chi connectivity index (χ1) is 7.31. The molecule has 0 saturated carbocycles. The number of methoxy groups -OCH3 is 1. The van der Waals surface area contributed by atoms with E-state index in [4.69, 9.17) is 4.74 Å². The largest absolute Gasteiger partial charge is 0.496 e. The summed E-state index contributed by atoms with van der Waals surface area (Å²) in [4.78, 5) is 0. The molecule has 0 amide bonds. The molecule has 1 aromatic carbocycles. The third kappa shape index (κ3) is 2.86. The molecule has 1 aliphatic heterocycles. The molecule has 90 valence electrons. The SMILES string of the molecule is COc1ccccc1C1CC(F)CCN1.Cl. The standard InChI is InChI=1S/C12H16FNO.ClH/c1-15-12-5-3-2-4-10(12)11-8-9(13)6-7-14-11;/h2-5,9,11,14H,6-8H2,1H3;1H. The van der Waals surface area contributed by atoms with E-state index in [2.05, 4.69) is 5.32 Å². The number of hydrogen-bond donors (Lipinski definition) is 1. The van der Waals surface area contributed by atoms with Crippen molar-refractivity contribution >= 4 is 12.4 Å². The first-order valence-electron chi connectivity index (χ1n) is 5.31. The molecule has 1 fully saturated rings. The van der Waals surface area contributed by atoms with Gasteiger partial charge >= 0.3 is 0 Å². The Morgan fingerprint density at radius 3 is 2.81 bits per heavy atom. The summed E-state index contributed by atoms with van der Waals surface area (Å²) in [7, 11) is 1.65. The van der Waals surface area contributed by atoms with Crippen molar-refractivity contribution in [2.75, 3.05) is 13.7 Å². The zero-order valence-electron chi connectivity index (χ0n) is 9.28. The minimum Gasteiger partial charge on any atom is -0.496 e. The molecule has 0 bridgehead atoms. The number of benzene rings is 1. The van der Waals surface area contributed by atoms with Crippen LogP contribution in [0, 0.1) is 0 Å². The average molecular weight is 246 g/mol. The van der Waals surface area contributed by atoms with Gasteiger partial charge in [0.25, 0.3) is 0 Å². The first kappa shape index (κ1) is 13.3. The lowest BCUT2D eigenvalue weighted by Crippen LogP contribution is -2.32. The van der Waals surface area contributed by atoms with Crippen LogP contribution >= 0.6 is 12.4 Å². The lowest BCUT2D eigenvalue weighted by atomic mass is 9.96. The fourth-order valence-electron chi connectivity index (χ4n) is 2.06. The van der Waals surface area contributed by atoms with Crippen molar-refractivity contribution in [3.8, 4) is 5.75 Å². The lowest BCUT2D eigenvalue weighted by molar-refractivity contribution is 0.221. The Kier molecular flexibility index (Phi) is 5.03. The van der Waals surface area contributed by atoms with E-state index in [9.17, 15) is 4.39 Å². The van der Waals surface area contributed by atoms with Crippen molar-refractivity contribution in [1.82, 2.24) is 5.32 Å². The summed E-state index contributed by atoms with van der Waals surface area (Å²) in [6, 6.07) is 7.89. The molecule has 1 saturated heterocycles. The summed E-state index contributed by atoms with van der Waals surface area (Å²) in [5.41, 5.74) is 1.06. The smallest absolute Gasteiger partial charge is 0.123 e. The number of rotatable bonds is 2. The van der Waals surface area contributed by atoms with E-state index in [1.54, 1.807) is 7.11 Å². The second-order valence-electron chi connectivity index (χ2n) is 3.87. The highest BCUT2D eigenvalue weighted by molar-refractivity contribution is 5.85. The Morgan fingerprint density at radius 1 is 1.38 bits per heavy atom. The number of hydrogen-bond acceptors (Lipinski definition) is 2. The predicted molar refractivity (Wildman–Crippen MR) is 65.1 cm³/mol. The van der Waals surface area contributed by atoms with Gasteiger partial charge in [-0.15, -0.1) is 12.4 Å². The molecule has 1 aliphatic rings. The van der Waals surface area contributed by atoms with E-state index in [1.807, 2.05) is 24.3 Å². The zero-order chi connectivity index (χ0) is 10.7. The second kappa shape index (κ2) is 6.06. The Labute approximate surface area is 102 Å². The molecule has 2 nitrogen and oxygen atoms in total. The summed E-state index contributed by atoms with van der Waals surface area (Å²) < 4.78 is 18.5. The maximum Gasteiger partial charge on any atom is 0.123 e. The van der Waals surface area contributed by atoms with Crippen LogP contribution in [0.5, 0.6) is 5.75 Å². The molecule has 2 atom stereocenters. The highest BCUT2D eigenvalue weighted by Gasteiger charge is 2.24. The maximum atomic E-state index is 13.3. The summed E-state index contributed by atoms with van der Waals surface area (Å²) >= 11 is 0. The quantitative estimate of drug-likeness (QED) is 0.865. The molecule has 0 aliphatic carbocycles. The van der Waals surface area contributed by atoms with Gasteiger partial charge in [-0.3, -0.25) is 0 Å². The number of halogens is 2. The van der Waals surface area contributed by atoms with E-state index >= 15 is 0 Å². The van der Waals surface area contributed by atoms with Crippen molar-refractivity contribution < 1.29 is 9.13 Å². The summed E-state index contributed by atoms with van der Waals surface area (Å²) in [5, 5.41) is 3.32. The Balaban J connectivity index is 0.00000128. The van der Waals surface area contributed by atoms with Gasteiger partial charge in [0.05, 0.1) is 7.11 Å². The van der Waals surface area contributed by atoms with Gasteiger partial charge in [-0.1, -0.05) is 18.2 Å². The van der Waals surface area contributed by atoms with Gasteiger partial charge in [-0.25, -0.2) is 4.39 Å². The summed E-state index contributed by atoms with van der Waals surface area (Å²) in [6.45, 7) is 0.740. The lowest BCUT2D eigenvalue weighted by Gasteiger charge is -2.27. The van der Waals surface area contributed by atoms with Crippen LogP contribution in [0.2, 0.25) is 0 Å². The van der Waals surface area contributed by atoms with Gasteiger partial charge < -0.3 is 10.1 Å². The number of piperidine rings is 1. The van der Waals surface area contributed by atoms with Crippen molar-refractivity contribution in [3.05, 3.63) is 29.8 Å². The Bertz CT molecular complexity index is 335. The van der Waals surface area contributed by atoms with Crippen molar-refractivity contribution in [1.29, 1.82) is 0 Å². The fourth-order valence-corrected chi connectivity index (χ4v) is 2.06. The van der Waals surface area contributed by atoms with Crippen molar-refractivity contribution in [2.24, 2.45) is 0 Å². The second-order valence-corrected chi connectivity index (χ2v) is 3.87. The fraction of sp³-hybridized carbons (Fsp3) is 0.500. The predicted octanol–water partition coefficient (Wildman–Crippen LogP) is 2.88. The molecule has 0 aromatic heterocycles. The molecular weight excluding hydrogens is 229 g/mol. The van der Waals surface area contributed by atoms with E-state index in [0.717, 1.165) is 17.9 Å². The molecule has 1 N–H and O–H groups in total. The first-order valence-corrected chi connectivity index (χ1v) is 5.31. The molecule has 0 spiro atoms. The molecule has 4 heteroatoms. The molecule has 0 radical (unpaired) electrons. The Hall–Kier alpha value is -0.800. The molecular formula is C12H17ClFNO. The number of ether oxygens (including phenoxy) is 1. The van der Waals surface area contributed by atoms with Gasteiger partial charge in [0.15, 0.2) is 0 Å². The third-order valence-electron chi connectivity index (χ3n) is 2.85. The zero-order valence-corrected chi connectivity index (χ0v) is 10.1. The highest BCUT2D eigenvalue weighted by atomic mass is 35.5. The summed E-state index contributed by atoms with van der Waals surface area (Å²) in [6.07, 6.45) is 0.465. The van der Waals surface area contributed by atoms with Crippen LogP contribution in [0.25, 0.3) is 0 Å². The van der Waals surface area contributed by atoms with E-state index in [0.29, 0.717) is 12.8 Å². The van der Waals surface area contributed by atoms with Crippen LogP contribution in [-0.4, -0.2) is 19.8 Å². The van der Waals surface area contributed by atoms with E-state index < -0.39 is 6.17 Å². The minimum absolute atomic E-state index is 0. The average Bonchev–Trinajstić information content (AvgIpc) is 2.29. The van der Waals surface area contributed by atoms with Crippen LogP contribution in [0.4, 0.5) is 4.39 Å². The third-order valence-corrected chi connectivity index (χ3v) is 2.85. The van der Waals surface area contributed by atoms with Gasteiger partial charge in [-0.05, 0) is 25.5 Å². The normalized spacial score (nSPS) is 24.6. The van der Waals surface area contributed by atoms with Gasteiger partial charge in [0.2, 0.25) is 0 Å². The number of para-hydroxylation sites is 1. The maximum absolute atomic E-state index is 13.3. The van der Waals surface area contributed by atoms with E-state index in [-0.39, 0.29) is 18.4 Å². The van der Waals surface area contributed by atoms with Crippen LogP contribution in [0.15, 0.2) is 24.3 Å². The molecule has 16 heavy (non-hydrogen) atoms. The Morgan fingerprint density at radius 2 is 2.12 bits per heavy atom. The van der Waals surface area contributed by atoms with Crippen LogP contribution in [-0.2, 0) is 0 Å². The molecule has 1 aromatic rings. The molecule has 2 rings (SSSR count). The van der Waals surface area contributed by atoms with Gasteiger partial charge in [0, 0.05) is 11.6 Å². The van der Waals surface area contributed by atoms with Crippen LogP contribution in [0.3, 0.4) is 0 Å². The van der Waals surface area contributed by atoms with Crippen LogP contribution in [0.1, 0.15) is 24.4 Å². The van der Waals surface area contributed by atoms with Gasteiger partial charge in [-0.2, -0.15) is 0 Å². The van der Waals surface area contributed by atoms with E-state index in [1.165, 1.54) is 0 Å². The topological polar surface area (TPSA) is 21.3 Å². The summed E-state index contributed by atoms with van der Waals surface area (Å²) in [5.74, 6) is 0.837. The van der Waals surface area contributed by atoms with Crippen molar-refractivity contribution in [3.63, 3.8) is 0 Å². The molecule has 2 unspecified atom stereocenters. The number of nitrogens with one attached hydrogen (secondary N) is 1. The monoisotopic (exact) mass is 245 g/mol. The van der Waals surface area contributed by atoms with Crippen molar-refractivity contribution in [2.45, 2.75) is 25.1 Å². The van der Waals surface area contributed by atoms with Crippen LogP contribution < -0.4 is 10.1 Å².